The SMILES string of the molecule is CO/N=C\CC(=O)c1ccc(OC2CCCCO2)cc1. The Bertz CT molecular complexity index is 449. The quantitative estimate of drug-likeness (QED) is 0.456. The third-order valence-electron chi connectivity index (χ3n) is 3.04. The number of Topliss-reactive ketones (excluding diaryl/α,β-unsaturated/α-hetero) is 1. The molecule has 0 N–H and O–H groups in total. The summed E-state index contributed by atoms with van der Waals surface area (Å²) in [4.78, 5) is 16.3. The Hall–Kier alpha value is -1.88. The van der Waals surface area contributed by atoms with Crippen molar-refractivity contribution in [3.63, 3.8) is 0 Å². The molecule has 1 aliphatic rings. The van der Waals surface area contributed by atoms with Crippen molar-refractivity contribution in [2.24, 2.45) is 5.16 Å². The summed E-state index contributed by atoms with van der Waals surface area (Å²) in [5.41, 5.74) is 0.629. The van der Waals surface area contributed by atoms with Gasteiger partial charge in [0.25, 0.3) is 0 Å². The van der Waals surface area contributed by atoms with Crippen LogP contribution < -0.4 is 4.74 Å². The highest BCUT2D eigenvalue weighted by Gasteiger charge is 2.15. The lowest BCUT2D eigenvalue weighted by molar-refractivity contribution is -0.105. The summed E-state index contributed by atoms with van der Waals surface area (Å²) in [5.74, 6) is 0.713. The fourth-order valence-electron chi connectivity index (χ4n) is 1.99. The second kappa shape index (κ2) is 7.65. The number of ether oxygens (including phenoxy) is 2. The highest BCUT2D eigenvalue weighted by molar-refractivity contribution is 6.03. The molecule has 0 aromatic heterocycles. The van der Waals surface area contributed by atoms with Crippen LogP contribution in [-0.2, 0) is 9.57 Å². The van der Waals surface area contributed by atoms with Gasteiger partial charge in [0.05, 0.1) is 12.8 Å². The van der Waals surface area contributed by atoms with Gasteiger partial charge in [0.2, 0.25) is 0 Å². The zero-order valence-electron chi connectivity index (χ0n) is 11.6. The molecular weight excluding hydrogens is 258 g/mol. The first kappa shape index (κ1) is 14.5. The van der Waals surface area contributed by atoms with Gasteiger partial charge < -0.3 is 14.3 Å². The normalized spacial score (nSPS) is 18.9. The molecule has 0 amide bonds. The molecule has 0 radical (unpaired) electrons. The van der Waals surface area contributed by atoms with Gasteiger partial charge in [0, 0.05) is 18.4 Å². The molecule has 5 nitrogen and oxygen atoms in total. The molecule has 1 heterocycles. The Morgan fingerprint density at radius 2 is 2.20 bits per heavy atom. The zero-order valence-corrected chi connectivity index (χ0v) is 11.6. The number of hydrogen-bond acceptors (Lipinski definition) is 5. The smallest absolute Gasteiger partial charge is 0.199 e. The van der Waals surface area contributed by atoms with Crippen LogP contribution in [0.3, 0.4) is 0 Å². The lowest BCUT2D eigenvalue weighted by Crippen LogP contribution is -2.24. The fourth-order valence-corrected chi connectivity index (χ4v) is 1.99. The van der Waals surface area contributed by atoms with E-state index in [1.54, 1.807) is 24.3 Å². The van der Waals surface area contributed by atoms with Crippen LogP contribution in [0.15, 0.2) is 29.4 Å². The molecule has 108 valence electrons. The van der Waals surface area contributed by atoms with Crippen molar-refractivity contribution in [1.82, 2.24) is 0 Å². The van der Waals surface area contributed by atoms with Crippen LogP contribution in [0.4, 0.5) is 0 Å². The molecule has 0 aliphatic carbocycles. The van der Waals surface area contributed by atoms with Crippen molar-refractivity contribution >= 4 is 12.0 Å². The maximum Gasteiger partial charge on any atom is 0.199 e. The summed E-state index contributed by atoms with van der Waals surface area (Å²) in [5, 5.41) is 3.55. The van der Waals surface area contributed by atoms with Crippen molar-refractivity contribution in [3.05, 3.63) is 29.8 Å². The van der Waals surface area contributed by atoms with Crippen molar-refractivity contribution in [3.8, 4) is 5.75 Å². The van der Waals surface area contributed by atoms with E-state index in [0.29, 0.717) is 5.56 Å². The van der Waals surface area contributed by atoms with Crippen LogP contribution in [0.1, 0.15) is 36.0 Å². The summed E-state index contributed by atoms with van der Waals surface area (Å²) in [7, 11) is 1.44. The van der Waals surface area contributed by atoms with Crippen molar-refractivity contribution < 1.29 is 19.1 Å². The predicted molar refractivity (Wildman–Crippen MR) is 75.1 cm³/mol. The minimum atomic E-state index is -0.167. The van der Waals surface area contributed by atoms with E-state index in [0.717, 1.165) is 31.6 Å². The molecule has 0 spiro atoms. The highest BCUT2D eigenvalue weighted by atomic mass is 16.7. The maximum absolute atomic E-state index is 11.8. The van der Waals surface area contributed by atoms with Gasteiger partial charge in [-0.2, -0.15) is 0 Å². The molecule has 20 heavy (non-hydrogen) atoms. The Kier molecular flexibility index (Phi) is 5.55. The Morgan fingerprint density at radius 1 is 1.40 bits per heavy atom. The number of rotatable bonds is 6. The van der Waals surface area contributed by atoms with E-state index in [1.165, 1.54) is 13.3 Å². The first-order chi connectivity index (χ1) is 9.79. The monoisotopic (exact) mass is 277 g/mol. The van der Waals surface area contributed by atoms with Gasteiger partial charge in [0.1, 0.15) is 12.9 Å². The van der Waals surface area contributed by atoms with E-state index in [-0.39, 0.29) is 18.5 Å². The summed E-state index contributed by atoms with van der Waals surface area (Å²) in [6.07, 6.45) is 4.63. The van der Waals surface area contributed by atoms with Gasteiger partial charge in [-0.3, -0.25) is 4.79 Å². The lowest BCUT2D eigenvalue weighted by atomic mass is 10.1. The van der Waals surface area contributed by atoms with Crippen LogP contribution in [0.2, 0.25) is 0 Å². The number of carbonyl (C=O) groups excluding carboxylic acids is 1. The molecule has 1 unspecified atom stereocenters. The summed E-state index contributed by atoms with van der Waals surface area (Å²) in [6.45, 7) is 0.750. The minimum Gasteiger partial charge on any atom is -0.465 e. The first-order valence-electron chi connectivity index (χ1n) is 6.76. The number of carbonyl (C=O) groups is 1. The van der Waals surface area contributed by atoms with Gasteiger partial charge in [-0.1, -0.05) is 5.16 Å². The van der Waals surface area contributed by atoms with E-state index in [4.69, 9.17) is 9.47 Å². The molecule has 1 aromatic rings. The second-order valence-corrected chi connectivity index (χ2v) is 4.54. The lowest BCUT2D eigenvalue weighted by Gasteiger charge is -2.23. The third-order valence-corrected chi connectivity index (χ3v) is 3.04. The molecule has 1 aliphatic heterocycles. The topological polar surface area (TPSA) is 57.1 Å². The predicted octanol–water partition coefficient (Wildman–Crippen LogP) is 2.80. The number of ketones is 1. The molecule has 1 aromatic carbocycles. The summed E-state index contributed by atoms with van der Waals surface area (Å²) < 4.78 is 11.2. The fraction of sp³-hybridized carbons (Fsp3) is 0.467. The Morgan fingerprint density at radius 3 is 2.85 bits per heavy atom. The third kappa shape index (κ3) is 4.35. The average molecular weight is 277 g/mol. The van der Waals surface area contributed by atoms with Crippen molar-refractivity contribution in [2.45, 2.75) is 32.0 Å². The van der Waals surface area contributed by atoms with Crippen LogP contribution in [0.5, 0.6) is 5.75 Å². The van der Waals surface area contributed by atoms with E-state index < -0.39 is 0 Å². The first-order valence-corrected chi connectivity index (χ1v) is 6.76. The number of benzene rings is 1. The molecule has 1 atom stereocenters. The van der Waals surface area contributed by atoms with Gasteiger partial charge in [-0.05, 0) is 37.1 Å². The second-order valence-electron chi connectivity index (χ2n) is 4.54. The number of oxime groups is 1. The molecule has 0 saturated carbocycles. The van der Waals surface area contributed by atoms with Crippen molar-refractivity contribution in [1.29, 1.82) is 0 Å². The van der Waals surface area contributed by atoms with Crippen LogP contribution >= 0.6 is 0 Å². The molecular formula is C15H19NO4. The Labute approximate surface area is 118 Å². The molecule has 1 fully saturated rings. The highest BCUT2D eigenvalue weighted by Crippen LogP contribution is 2.19. The van der Waals surface area contributed by atoms with Crippen LogP contribution in [0, 0.1) is 0 Å². The van der Waals surface area contributed by atoms with E-state index in [9.17, 15) is 4.79 Å². The maximum atomic E-state index is 11.8. The standard InChI is InChI=1S/C15H19NO4/c1-18-16-10-9-14(17)12-5-7-13(8-6-12)20-15-4-2-3-11-19-15/h5-8,10,15H,2-4,9,11H2,1H3/b16-10-. The van der Waals surface area contributed by atoms with E-state index in [1.807, 2.05) is 0 Å². The summed E-state index contributed by atoms with van der Waals surface area (Å²) >= 11 is 0. The number of hydrogen-bond donors (Lipinski definition) is 0. The molecule has 5 heteroatoms. The van der Waals surface area contributed by atoms with Gasteiger partial charge in [-0.25, -0.2) is 0 Å². The van der Waals surface area contributed by atoms with Crippen molar-refractivity contribution in [2.75, 3.05) is 13.7 Å². The molecule has 1 saturated heterocycles. The molecule has 0 bridgehead atoms. The van der Waals surface area contributed by atoms with Gasteiger partial charge in [-0.15, -0.1) is 0 Å². The largest absolute Gasteiger partial charge is 0.465 e. The van der Waals surface area contributed by atoms with E-state index >= 15 is 0 Å². The summed E-state index contributed by atoms with van der Waals surface area (Å²) in [6, 6.07) is 7.08. The zero-order chi connectivity index (χ0) is 14.2. The number of nitrogens with zero attached hydrogens (tertiary/aromatic N) is 1. The molecule has 2 rings (SSSR count). The average Bonchev–Trinajstić information content (AvgIpc) is 2.49. The van der Waals surface area contributed by atoms with Crippen LogP contribution in [0.25, 0.3) is 0 Å². The van der Waals surface area contributed by atoms with Gasteiger partial charge >= 0.3 is 0 Å². The Balaban J connectivity index is 1.88. The van der Waals surface area contributed by atoms with Crippen LogP contribution in [-0.4, -0.2) is 32.0 Å². The van der Waals surface area contributed by atoms with Gasteiger partial charge in [0.15, 0.2) is 12.1 Å². The minimum absolute atomic E-state index is 0.00809. The van der Waals surface area contributed by atoms with E-state index in [2.05, 4.69) is 9.99 Å².